The van der Waals surface area contributed by atoms with Crippen LogP contribution in [-0.2, 0) is 16.6 Å². The molecule has 0 atom stereocenters. The van der Waals surface area contributed by atoms with Gasteiger partial charge in [0.25, 0.3) is 0 Å². The van der Waals surface area contributed by atoms with Gasteiger partial charge in [-0.3, -0.25) is 4.72 Å². The third kappa shape index (κ3) is 3.67. The molecule has 0 amide bonds. The zero-order valence-corrected chi connectivity index (χ0v) is 15.4. The topological polar surface area (TPSA) is 73.2 Å². The number of sulfonamides is 1. The third-order valence-corrected chi connectivity index (χ3v) is 5.04. The first-order valence-corrected chi connectivity index (χ1v) is 9.68. The van der Waals surface area contributed by atoms with Gasteiger partial charge < -0.3 is 4.74 Å². The van der Waals surface area contributed by atoms with E-state index in [1.54, 1.807) is 4.68 Å². The first-order chi connectivity index (χ1) is 11.1. The SMILES string of the molecule is CC(C)(C)COc1ccc(-c2c(Cl)nn3c2NS(=O)(=O)CC3)cc1. The quantitative estimate of drug-likeness (QED) is 0.900. The lowest BCUT2D eigenvalue weighted by molar-refractivity contribution is 0.198. The van der Waals surface area contributed by atoms with Crippen LogP contribution in [0.15, 0.2) is 24.3 Å². The number of anilines is 1. The van der Waals surface area contributed by atoms with Crippen molar-refractivity contribution in [3.63, 3.8) is 0 Å². The first kappa shape index (κ1) is 17.1. The second kappa shape index (κ2) is 5.97. The maximum absolute atomic E-state index is 11.8. The highest BCUT2D eigenvalue weighted by molar-refractivity contribution is 7.92. The molecule has 0 bridgehead atoms. The summed E-state index contributed by atoms with van der Waals surface area (Å²) in [7, 11) is -3.34. The van der Waals surface area contributed by atoms with E-state index in [-0.39, 0.29) is 22.9 Å². The molecule has 130 valence electrons. The molecule has 0 fully saturated rings. The van der Waals surface area contributed by atoms with E-state index in [9.17, 15) is 8.42 Å². The van der Waals surface area contributed by atoms with Crippen molar-refractivity contribution >= 4 is 27.4 Å². The van der Waals surface area contributed by atoms with E-state index < -0.39 is 10.0 Å². The molecule has 2 heterocycles. The molecular weight excluding hydrogens is 350 g/mol. The molecule has 1 aromatic heterocycles. The molecule has 0 spiro atoms. The molecule has 0 saturated heterocycles. The smallest absolute Gasteiger partial charge is 0.235 e. The fourth-order valence-electron chi connectivity index (χ4n) is 2.38. The van der Waals surface area contributed by atoms with E-state index in [1.807, 2.05) is 24.3 Å². The Bertz CT molecular complexity index is 852. The second-order valence-electron chi connectivity index (χ2n) is 7.03. The molecule has 0 unspecified atom stereocenters. The van der Waals surface area contributed by atoms with Gasteiger partial charge in [0.05, 0.1) is 24.5 Å². The minimum Gasteiger partial charge on any atom is -0.493 e. The lowest BCUT2D eigenvalue weighted by Crippen LogP contribution is -2.28. The van der Waals surface area contributed by atoms with Gasteiger partial charge in [0, 0.05) is 0 Å². The zero-order valence-electron chi connectivity index (χ0n) is 13.8. The van der Waals surface area contributed by atoms with Crippen molar-refractivity contribution in [3.05, 3.63) is 29.4 Å². The van der Waals surface area contributed by atoms with Crippen LogP contribution < -0.4 is 9.46 Å². The fourth-order valence-corrected chi connectivity index (χ4v) is 3.68. The van der Waals surface area contributed by atoms with Crippen LogP contribution in [0.3, 0.4) is 0 Å². The number of ether oxygens (including phenoxy) is 1. The highest BCUT2D eigenvalue weighted by Gasteiger charge is 2.27. The number of hydrogen-bond acceptors (Lipinski definition) is 4. The van der Waals surface area contributed by atoms with Crippen molar-refractivity contribution in [1.82, 2.24) is 9.78 Å². The number of hydrogen-bond donors (Lipinski definition) is 1. The fraction of sp³-hybridized carbons (Fsp3) is 0.438. The number of rotatable bonds is 3. The summed E-state index contributed by atoms with van der Waals surface area (Å²) in [6.07, 6.45) is 0. The van der Waals surface area contributed by atoms with E-state index in [2.05, 4.69) is 30.6 Å². The van der Waals surface area contributed by atoms with Crippen LogP contribution in [0.25, 0.3) is 11.1 Å². The number of benzene rings is 1. The standard InChI is InChI=1S/C16H20ClN3O3S/c1-16(2,3)10-23-12-6-4-11(5-7-12)13-14(17)18-20-8-9-24(21,22)19-15(13)20/h4-7,19H,8-10H2,1-3H3. The van der Waals surface area contributed by atoms with Crippen molar-refractivity contribution in [2.45, 2.75) is 27.3 Å². The number of halogens is 1. The zero-order chi connectivity index (χ0) is 17.5. The van der Waals surface area contributed by atoms with Crippen LogP contribution in [0.4, 0.5) is 5.82 Å². The van der Waals surface area contributed by atoms with Crippen LogP contribution in [-0.4, -0.2) is 30.6 Å². The summed E-state index contributed by atoms with van der Waals surface area (Å²) in [5.41, 5.74) is 1.45. The van der Waals surface area contributed by atoms with Gasteiger partial charge in [0.2, 0.25) is 10.0 Å². The number of aryl methyl sites for hydroxylation is 1. The summed E-state index contributed by atoms with van der Waals surface area (Å²) in [5, 5.41) is 4.48. The van der Waals surface area contributed by atoms with E-state index >= 15 is 0 Å². The molecule has 0 radical (unpaired) electrons. The molecular formula is C16H20ClN3O3S. The highest BCUT2D eigenvalue weighted by atomic mass is 35.5. The summed E-state index contributed by atoms with van der Waals surface area (Å²) in [6.45, 7) is 7.21. The molecule has 3 rings (SSSR count). The van der Waals surface area contributed by atoms with Gasteiger partial charge in [-0.1, -0.05) is 44.5 Å². The summed E-state index contributed by atoms with van der Waals surface area (Å²) in [6, 6.07) is 7.40. The number of nitrogens with zero attached hydrogens (tertiary/aromatic N) is 2. The Balaban J connectivity index is 1.89. The van der Waals surface area contributed by atoms with Gasteiger partial charge in [-0.25, -0.2) is 13.1 Å². The maximum atomic E-state index is 11.8. The van der Waals surface area contributed by atoms with Crippen LogP contribution in [0.1, 0.15) is 20.8 Å². The largest absolute Gasteiger partial charge is 0.493 e. The van der Waals surface area contributed by atoms with Gasteiger partial charge in [-0.2, -0.15) is 5.10 Å². The van der Waals surface area contributed by atoms with Gasteiger partial charge in [-0.15, -0.1) is 0 Å². The molecule has 1 N–H and O–H groups in total. The monoisotopic (exact) mass is 369 g/mol. The molecule has 2 aromatic rings. The van der Waals surface area contributed by atoms with Crippen LogP contribution in [0, 0.1) is 5.41 Å². The number of aromatic nitrogens is 2. The molecule has 0 aliphatic carbocycles. The Morgan fingerprint density at radius 2 is 1.96 bits per heavy atom. The molecule has 0 saturated carbocycles. The van der Waals surface area contributed by atoms with E-state index in [0.29, 0.717) is 18.0 Å². The van der Waals surface area contributed by atoms with Gasteiger partial charge in [0.15, 0.2) is 5.15 Å². The highest BCUT2D eigenvalue weighted by Crippen LogP contribution is 2.37. The maximum Gasteiger partial charge on any atom is 0.235 e. The Hall–Kier alpha value is -1.73. The van der Waals surface area contributed by atoms with E-state index in [0.717, 1.165) is 11.3 Å². The minimum absolute atomic E-state index is 0.00295. The first-order valence-electron chi connectivity index (χ1n) is 7.65. The average Bonchev–Trinajstić information content (AvgIpc) is 2.79. The Morgan fingerprint density at radius 1 is 1.29 bits per heavy atom. The normalized spacial score (nSPS) is 16.3. The Labute approximate surface area is 146 Å². The van der Waals surface area contributed by atoms with E-state index in [4.69, 9.17) is 16.3 Å². The lowest BCUT2D eigenvalue weighted by atomic mass is 9.99. The van der Waals surface area contributed by atoms with Gasteiger partial charge in [0.1, 0.15) is 11.6 Å². The lowest BCUT2D eigenvalue weighted by Gasteiger charge is -2.19. The number of fused-ring (bicyclic) bond motifs is 1. The van der Waals surface area contributed by atoms with Gasteiger partial charge >= 0.3 is 0 Å². The molecule has 1 aliphatic heterocycles. The predicted molar refractivity (Wildman–Crippen MR) is 95.0 cm³/mol. The predicted octanol–water partition coefficient (Wildman–Crippen LogP) is 3.38. The summed E-state index contributed by atoms with van der Waals surface area (Å²) in [4.78, 5) is 0. The van der Waals surface area contributed by atoms with Crippen LogP contribution in [0.2, 0.25) is 5.15 Å². The van der Waals surface area contributed by atoms with E-state index in [1.165, 1.54) is 0 Å². The van der Waals surface area contributed by atoms with Gasteiger partial charge in [-0.05, 0) is 23.1 Å². The molecule has 1 aliphatic rings. The van der Waals surface area contributed by atoms with Crippen LogP contribution in [0.5, 0.6) is 5.75 Å². The summed E-state index contributed by atoms with van der Waals surface area (Å²) in [5.74, 6) is 1.16. The summed E-state index contributed by atoms with van der Waals surface area (Å²) >= 11 is 6.23. The molecule has 1 aromatic carbocycles. The Kier molecular flexibility index (Phi) is 4.25. The summed E-state index contributed by atoms with van der Waals surface area (Å²) < 4.78 is 33.5. The number of nitrogens with one attached hydrogen (secondary N) is 1. The minimum atomic E-state index is -3.34. The van der Waals surface area contributed by atoms with Crippen molar-refractivity contribution in [2.75, 3.05) is 17.1 Å². The van der Waals surface area contributed by atoms with Crippen molar-refractivity contribution in [1.29, 1.82) is 0 Å². The Morgan fingerprint density at radius 3 is 2.58 bits per heavy atom. The molecule has 6 nitrogen and oxygen atoms in total. The average molecular weight is 370 g/mol. The van der Waals surface area contributed by atoms with Crippen molar-refractivity contribution < 1.29 is 13.2 Å². The molecule has 24 heavy (non-hydrogen) atoms. The van der Waals surface area contributed by atoms with Crippen molar-refractivity contribution in [2.24, 2.45) is 5.41 Å². The third-order valence-electron chi connectivity index (χ3n) is 3.55. The van der Waals surface area contributed by atoms with Crippen LogP contribution >= 0.6 is 11.6 Å². The molecule has 8 heteroatoms. The van der Waals surface area contributed by atoms with Crippen molar-refractivity contribution in [3.8, 4) is 16.9 Å². The second-order valence-corrected chi connectivity index (χ2v) is 9.23.